The summed E-state index contributed by atoms with van der Waals surface area (Å²) in [6, 6.07) is 8.54. The second-order valence-corrected chi connectivity index (χ2v) is 4.62. The molecule has 0 saturated heterocycles. The third-order valence-electron chi connectivity index (χ3n) is 3.07. The molecule has 22 heavy (non-hydrogen) atoms. The second-order valence-electron chi connectivity index (χ2n) is 4.62. The Bertz CT molecular complexity index is 704. The number of hydrogen-bond acceptors (Lipinski definition) is 5. The number of methoxy groups -OCH3 is 2. The van der Waals surface area contributed by atoms with Gasteiger partial charge in [-0.05, 0) is 44.2 Å². The van der Waals surface area contributed by atoms with Crippen molar-refractivity contribution in [2.45, 2.75) is 13.8 Å². The number of ether oxygens (including phenoxy) is 2. The van der Waals surface area contributed by atoms with Crippen molar-refractivity contribution in [3.8, 4) is 11.5 Å². The van der Waals surface area contributed by atoms with Gasteiger partial charge in [-0.2, -0.15) is 5.10 Å². The number of aryl methyl sites for hydroxylation is 1. The lowest BCUT2D eigenvalue weighted by Gasteiger charge is -2.08. The summed E-state index contributed by atoms with van der Waals surface area (Å²) in [5.74, 6) is 2.10. The van der Waals surface area contributed by atoms with E-state index in [9.17, 15) is 4.79 Å². The summed E-state index contributed by atoms with van der Waals surface area (Å²) < 4.78 is 15.7. The molecule has 1 heterocycles. The van der Waals surface area contributed by atoms with Gasteiger partial charge in [0.25, 0.3) is 5.91 Å². The highest BCUT2D eigenvalue weighted by molar-refractivity contribution is 5.99. The lowest BCUT2D eigenvalue weighted by Crippen LogP contribution is -2.19. The quantitative estimate of drug-likeness (QED) is 0.681. The molecule has 1 N–H and O–H groups in total. The largest absolute Gasteiger partial charge is 0.493 e. The fourth-order valence-corrected chi connectivity index (χ4v) is 1.86. The number of furan rings is 1. The Hall–Kier alpha value is -2.76. The summed E-state index contributed by atoms with van der Waals surface area (Å²) in [7, 11) is 3.05. The van der Waals surface area contributed by atoms with Crippen LogP contribution in [0.15, 0.2) is 39.9 Å². The van der Waals surface area contributed by atoms with Crippen molar-refractivity contribution in [2.75, 3.05) is 14.2 Å². The van der Waals surface area contributed by atoms with Gasteiger partial charge in [0, 0.05) is 5.56 Å². The minimum atomic E-state index is -0.344. The van der Waals surface area contributed by atoms with Gasteiger partial charge in [-0.3, -0.25) is 4.79 Å². The zero-order valence-electron chi connectivity index (χ0n) is 13.0. The number of hydrazone groups is 1. The third kappa shape index (κ3) is 3.46. The Balaban J connectivity index is 2.12. The molecule has 0 saturated carbocycles. The van der Waals surface area contributed by atoms with E-state index in [1.54, 1.807) is 31.2 Å². The maximum Gasteiger partial charge on any atom is 0.271 e. The van der Waals surface area contributed by atoms with Crippen molar-refractivity contribution >= 4 is 11.6 Å². The number of carbonyl (C=O) groups excluding carboxylic acids is 1. The van der Waals surface area contributed by atoms with Crippen LogP contribution >= 0.6 is 0 Å². The molecule has 0 unspecified atom stereocenters. The fourth-order valence-electron chi connectivity index (χ4n) is 1.86. The van der Waals surface area contributed by atoms with Gasteiger partial charge < -0.3 is 13.9 Å². The molecule has 1 aromatic carbocycles. The molecular formula is C16H18N2O4. The molecule has 1 aromatic heterocycles. The molecular weight excluding hydrogens is 284 g/mol. The lowest BCUT2D eigenvalue weighted by molar-refractivity contribution is 0.0954. The number of benzene rings is 1. The first kappa shape index (κ1) is 15.6. The number of nitrogens with one attached hydrogen (secondary N) is 1. The van der Waals surface area contributed by atoms with E-state index in [1.807, 2.05) is 13.0 Å². The van der Waals surface area contributed by atoms with Crippen LogP contribution in [0.1, 0.15) is 28.8 Å². The summed E-state index contributed by atoms with van der Waals surface area (Å²) in [6.07, 6.45) is 0. The van der Waals surface area contributed by atoms with Crippen LogP contribution in [-0.2, 0) is 0 Å². The Kier molecular flexibility index (Phi) is 4.83. The van der Waals surface area contributed by atoms with Crippen LogP contribution in [0.4, 0.5) is 0 Å². The van der Waals surface area contributed by atoms with Crippen molar-refractivity contribution in [3.63, 3.8) is 0 Å². The van der Waals surface area contributed by atoms with E-state index in [2.05, 4.69) is 10.5 Å². The predicted molar refractivity (Wildman–Crippen MR) is 82.7 cm³/mol. The van der Waals surface area contributed by atoms with E-state index in [1.165, 1.54) is 14.2 Å². The number of amides is 1. The van der Waals surface area contributed by atoms with Gasteiger partial charge in [-0.25, -0.2) is 5.43 Å². The maximum absolute atomic E-state index is 12.1. The van der Waals surface area contributed by atoms with Gasteiger partial charge in [-0.1, -0.05) is 0 Å². The van der Waals surface area contributed by atoms with Gasteiger partial charge in [0.05, 0.1) is 14.2 Å². The smallest absolute Gasteiger partial charge is 0.271 e. The zero-order valence-corrected chi connectivity index (χ0v) is 13.0. The van der Waals surface area contributed by atoms with Gasteiger partial charge in [0.2, 0.25) is 0 Å². The molecule has 6 nitrogen and oxygen atoms in total. The average molecular weight is 302 g/mol. The standard InChI is InChI=1S/C16H18N2O4/c1-10-5-7-13(22-10)11(2)17-18-16(19)12-6-8-14(20-3)15(9-12)21-4/h5-9H,1-4H3,(H,18,19)/b17-11-. The average Bonchev–Trinajstić information content (AvgIpc) is 2.98. The van der Waals surface area contributed by atoms with Crippen LogP contribution in [0.3, 0.4) is 0 Å². The Morgan fingerprint density at radius 3 is 2.45 bits per heavy atom. The molecule has 0 aliphatic carbocycles. The number of rotatable bonds is 5. The van der Waals surface area contributed by atoms with Crippen molar-refractivity contribution < 1.29 is 18.7 Å². The van der Waals surface area contributed by atoms with Gasteiger partial charge >= 0.3 is 0 Å². The van der Waals surface area contributed by atoms with E-state index in [0.717, 1.165) is 5.76 Å². The highest BCUT2D eigenvalue weighted by Crippen LogP contribution is 2.27. The number of carbonyl (C=O) groups is 1. The summed E-state index contributed by atoms with van der Waals surface area (Å²) in [6.45, 7) is 3.60. The molecule has 0 fully saturated rings. The number of nitrogens with zero attached hydrogens (tertiary/aromatic N) is 1. The van der Waals surface area contributed by atoms with E-state index >= 15 is 0 Å². The van der Waals surface area contributed by atoms with Crippen molar-refractivity contribution in [1.82, 2.24) is 5.43 Å². The summed E-state index contributed by atoms with van der Waals surface area (Å²) in [5.41, 5.74) is 3.49. The van der Waals surface area contributed by atoms with Crippen LogP contribution in [0.25, 0.3) is 0 Å². The van der Waals surface area contributed by atoms with Crippen LogP contribution in [0.5, 0.6) is 11.5 Å². The van der Waals surface area contributed by atoms with E-state index in [-0.39, 0.29) is 5.91 Å². The topological polar surface area (TPSA) is 73.1 Å². The predicted octanol–water partition coefficient (Wildman–Crippen LogP) is 2.76. The van der Waals surface area contributed by atoms with Gasteiger partial charge in [-0.15, -0.1) is 0 Å². The molecule has 2 rings (SSSR count). The van der Waals surface area contributed by atoms with Crippen LogP contribution < -0.4 is 14.9 Å². The molecule has 0 spiro atoms. The Labute approximate surface area is 128 Å². The molecule has 0 bridgehead atoms. The van der Waals surface area contributed by atoms with Gasteiger partial charge in [0.15, 0.2) is 11.5 Å². The monoisotopic (exact) mass is 302 g/mol. The summed E-state index contributed by atoms with van der Waals surface area (Å²) in [4.78, 5) is 12.1. The number of hydrogen-bond donors (Lipinski definition) is 1. The van der Waals surface area contributed by atoms with Crippen molar-refractivity contribution in [2.24, 2.45) is 5.10 Å². The maximum atomic E-state index is 12.1. The molecule has 1 amide bonds. The van der Waals surface area contributed by atoms with E-state index in [4.69, 9.17) is 13.9 Å². The van der Waals surface area contributed by atoms with Crippen molar-refractivity contribution in [3.05, 3.63) is 47.4 Å². The highest BCUT2D eigenvalue weighted by Gasteiger charge is 2.11. The third-order valence-corrected chi connectivity index (χ3v) is 3.07. The minimum absolute atomic E-state index is 0.344. The lowest BCUT2D eigenvalue weighted by atomic mass is 10.2. The van der Waals surface area contributed by atoms with Gasteiger partial charge in [0.1, 0.15) is 17.2 Å². The van der Waals surface area contributed by atoms with Crippen LogP contribution in [0, 0.1) is 6.92 Å². The normalized spacial score (nSPS) is 11.2. The summed E-state index contributed by atoms with van der Waals surface area (Å²) >= 11 is 0. The Morgan fingerprint density at radius 2 is 1.86 bits per heavy atom. The highest BCUT2D eigenvalue weighted by atomic mass is 16.5. The molecule has 0 atom stereocenters. The SMILES string of the molecule is COc1ccc(C(=O)N/N=C(/C)c2ccc(C)o2)cc1OC. The molecule has 2 aromatic rings. The molecule has 0 aliphatic rings. The first-order valence-electron chi connectivity index (χ1n) is 6.68. The van der Waals surface area contributed by atoms with Crippen LogP contribution in [0.2, 0.25) is 0 Å². The van der Waals surface area contributed by atoms with E-state index in [0.29, 0.717) is 28.5 Å². The first-order chi connectivity index (χ1) is 10.5. The fraction of sp³-hybridized carbons (Fsp3) is 0.250. The molecule has 0 aliphatic heterocycles. The Morgan fingerprint density at radius 1 is 1.14 bits per heavy atom. The van der Waals surface area contributed by atoms with E-state index < -0.39 is 0 Å². The summed E-state index contributed by atoms with van der Waals surface area (Å²) in [5, 5.41) is 4.03. The van der Waals surface area contributed by atoms with Crippen LogP contribution in [-0.4, -0.2) is 25.8 Å². The zero-order chi connectivity index (χ0) is 16.1. The molecule has 6 heteroatoms. The van der Waals surface area contributed by atoms with Crippen molar-refractivity contribution in [1.29, 1.82) is 0 Å². The minimum Gasteiger partial charge on any atom is -0.493 e. The second kappa shape index (κ2) is 6.80. The first-order valence-corrected chi connectivity index (χ1v) is 6.68. The molecule has 116 valence electrons. The molecule has 0 radical (unpaired) electrons.